The number of nitrogens with one attached hydrogen (secondary N) is 1. The van der Waals surface area contributed by atoms with E-state index in [9.17, 15) is 4.79 Å². The molecule has 1 heterocycles. The summed E-state index contributed by atoms with van der Waals surface area (Å²) in [6.45, 7) is 2.77. The van der Waals surface area contributed by atoms with E-state index in [0.717, 1.165) is 22.3 Å². The van der Waals surface area contributed by atoms with E-state index in [0.29, 0.717) is 24.7 Å². The Morgan fingerprint density at radius 1 is 1.17 bits per heavy atom. The highest BCUT2D eigenvalue weighted by atomic mass is 79.9. The minimum absolute atomic E-state index is 0.199. The minimum atomic E-state index is -0.199. The lowest BCUT2D eigenvalue weighted by molar-refractivity contribution is 0.222. The summed E-state index contributed by atoms with van der Waals surface area (Å²) >= 11 is 3.37. The molecular weight excluding hydrogens is 436 g/mol. The van der Waals surface area contributed by atoms with Gasteiger partial charge in [0.15, 0.2) is 12.4 Å². The van der Waals surface area contributed by atoms with E-state index in [-0.39, 0.29) is 12.6 Å². The fourth-order valence-electron chi connectivity index (χ4n) is 2.54. The van der Waals surface area contributed by atoms with Crippen LogP contribution in [0.4, 0.5) is 10.5 Å². The number of carbonyl (C=O) groups excluding carboxylic acids is 1. The van der Waals surface area contributed by atoms with Crippen LogP contribution in [0.15, 0.2) is 57.5 Å². The van der Waals surface area contributed by atoms with Gasteiger partial charge in [0.25, 0.3) is 5.89 Å². The summed E-state index contributed by atoms with van der Waals surface area (Å²) in [7, 11) is 1.72. The first kappa shape index (κ1) is 20.9. The minimum Gasteiger partial charge on any atom is -0.484 e. The number of rotatable bonds is 8. The van der Waals surface area contributed by atoms with E-state index >= 15 is 0 Å². The lowest BCUT2D eigenvalue weighted by Crippen LogP contribution is -2.33. The van der Waals surface area contributed by atoms with Crippen molar-refractivity contribution in [2.75, 3.05) is 18.9 Å². The van der Waals surface area contributed by atoms with Crippen molar-refractivity contribution in [3.8, 4) is 5.75 Å². The number of amides is 2. The second kappa shape index (κ2) is 10.1. The molecule has 8 heteroatoms. The number of likely N-dealkylation sites (N-methyl/N-ethyl adjacent to an activating group) is 1. The average Bonchev–Trinajstić information content (AvgIpc) is 3.20. The van der Waals surface area contributed by atoms with Crippen molar-refractivity contribution >= 4 is 27.6 Å². The van der Waals surface area contributed by atoms with Crippen LogP contribution in [0, 0.1) is 0 Å². The van der Waals surface area contributed by atoms with E-state index < -0.39 is 0 Å². The summed E-state index contributed by atoms with van der Waals surface area (Å²) in [5, 5.41) is 6.79. The third kappa shape index (κ3) is 6.32. The molecule has 0 unspecified atom stereocenters. The number of hydrogen-bond donors (Lipinski definition) is 1. The fourth-order valence-corrected chi connectivity index (χ4v) is 2.80. The zero-order valence-electron chi connectivity index (χ0n) is 16.4. The quantitative estimate of drug-likeness (QED) is 0.529. The van der Waals surface area contributed by atoms with E-state index in [4.69, 9.17) is 9.26 Å². The molecule has 0 spiro atoms. The van der Waals surface area contributed by atoms with Gasteiger partial charge in [-0.05, 0) is 48.4 Å². The SMILES string of the molecule is CCc1ccc(OCc2nc(CCN(C)C(=O)Nc3ccc(Br)cc3)no2)cc1. The first-order valence-corrected chi connectivity index (χ1v) is 10.1. The topological polar surface area (TPSA) is 80.5 Å². The summed E-state index contributed by atoms with van der Waals surface area (Å²) in [6, 6.07) is 15.1. The first-order valence-electron chi connectivity index (χ1n) is 9.34. The number of anilines is 1. The van der Waals surface area contributed by atoms with E-state index in [2.05, 4.69) is 38.3 Å². The first-order chi connectivity index (χ1) is 14.0. The molecule has 2 amide bonds. The summed E-state index contributed by atoms with van der Waals surface area (Å²) in [6.07, 6.45) is 1.47. The molecule has 29 heavy (non-hydrogen) atoms. The van der Waals surface area contributed by atoms with Crippen LogP contribution in [0.25, 0.3) is 0 Å². The number of nitrogens with zero attached hydrogens (tertiary/aromatic N) is 3. The van der Waals surface area contributed by atoms with Gasteiger partial charge in [0.05, 0.1) is 0 Å². The Morgan fingerprint density at radius 2 is 1.90 bits per heavy atom. The van der Waals surface area contributed by atoms with Crippen molar-refractivity contribution in [3.63, 3.8) is 0 Å². The summed E-state index contributed by atoms with van der Waals surface area (Å²) in [5.41, 5.74) is 1.99. The molecule has 1 aromatic heterocycles. The predicted octanol–water partition coefficient (Wildman–Crippen LogP) is 4.68. The molecule has 7 nitrogen and oxygen atoms in total. The van der Waals surface area contributed by atoms with Crippen molar-refractivity contribution in [1.82, 2.24) is 15.0 Å². The average molecular weight is 459 g/mol. The number of ether oxygens (including phenoxy) is 1. The second-order valence-electron chi connectivity index (χ2n) is 6.50. The van der Waals surface area contributed by atoms with Gasteiger partial charge in [-0.25, -0.2) is 4.79 Å². The number of urea groups is 1. The van der Waals surface area contributed by atoms with Gasteiger partial charge < -0.3 is 19.5 Å². The van der Waals surface area contributed by atoms with Gasteiger partial charge in [0, 0.05) is 30.2 Å². The van der Waals surface area contributed by atoms with Crippen molar-refractivity contribution in [2.45, 2.75) is 26.4 Å². The smallest absolute Gasteiger partial charge is 0.321 e. The molecule has 0 atom stereocenters. The van der Waals surface area contributed by atoms with Crippen LogP contribution in [-0.4, -0.2) is 34.7 Å². The normalized spacial score (nSPS) is 10.6. The van der Waals surface area contributed by atoms with Gasteiger partial charge in [-0.15, -0.1) is 0 Å². The third-order valence-corrected chi connectivity index (χ3v) is 4.85. The highest BCUT2D eigenvalue weighted by Crippen LogP contribution is 2.15. The molecule has 2 aromatic carbocycles. The Hall–Kier alpha value is -2.87. The van der Waals surface area contributed by atoms with Crippen molar-refractivity contribution in [1.29, 1.82) is 0 Å². The maximum atomic E-state index is 12.2. The molecule has 0 radical (unpaired) electrons. The lowest BCUT2D eigenvalue weighted by Gasteiger charge is -2.17. The number of carbonyl (C=O) groups is 1. The number of hydrogen-bond acceptors (Lipinski definition) is 5. The monoisotopic (exact) mass is 458 g/mol. The standard InChI is InChI=1S/C21H23BrN4O3/c1-3-15-4-10-18(11-5-15)28-14-20-24-19(25-29-20)12-13-26(2)21(27)23-17-8-6-16(22)7-9-17/h4-11H,3,12-14H2,1-2H3,(H,23,27). The summed E-state index contributed by atoms with van der Waals surface area (Å²) in [4.78, 5) is 18.1. The Morgan fingerprint density at radius 3 is 2.59 bits per heavy atom. The van der Waals surface area contributed by atoms with Crippen LogP contribution < -0.4 is 10.1 Å². The molecular formula is C21H23BrN4O3. The molecule has 3 rings (SSSR count). The molecule has 0 aliphatic rings. The Bertz CT molecular complexity index is 926. The fraction of sp³-hybridized carbons (Fsp3) is 0.286. The van der Waals surface area contributed by atoms with Gasteiger partial charge in [0.1, 0.15) is 5.75 Å². The third-order valence-electron chi connectivity index (χ3n) is 4.32. The van der Waals surface area contributed by atoms with Gasteiger partial charge in [-0.2, -0.15) is 4.98 Å². The van der Waals surface area contributed by atoms with Crippen molar-refractivity contribution in [3.05, 3.63) is 70.3 Å². The molecule has 0 bridgehead atoms. The zero-order valence-corrected chi connectivity index (χ0v) is 18.0. The van der Waals surface area contributed by atoms with E-state index in [1.54, 1.807) is 11.9 Å². The van der Waals surface area contributed by atoms with Gasteiger partial charge >= 0.3 is 6.03 Å². The molecule has 0 aliphatic heterocycles. The zero-order chi connectivity index (χ0) is 20.6. The van der Waals surface area contributed by atoms with E-state index in [1.807, 2.05) is 48.5 Å². The lowest BCUT2D eigenvalue weighted by atomic mass is 10.2. The Labute approximate surface area is 178 Å². The van der Waals surface area contributed by atoms with Crippen molar-refractivity contribution in [2.24, 2.45) is 0 Å². The molecule has 3 aromatic rings. The number of aromatic nitrogens is 2. The number of benzene rings is 2. The Balaban J connectivity index is 1.44. The van der Waals surface area contributed by atoms with Crippen LogP contribution in [0.1, 0.15) is 24.2 Å². The van der Waals surface area contributed by atoms with Crippen LogP contribution in [0.3, 0.4) is 0 Å². The van der Waals surface area contributed by atoms with Gasteiger partial charge in [-0.1, -0.05) is 40.1 Å². The van der Waals surface area contributed by atoms with Crippen LogP contribution in [0.5, 0.6) is 5.75 Å². The van der Waals surface area contributed by atoms with Gasteiger partial charge in [-0.3, -0.25) is 0 Å². The van der Waals surface area contributed by atoms with Crippen LogP contribution >= 0.6 is 15.9 Å². The largest absolute Gasteiger partial charge is 0.484 e. The molecule has 0 saturated heterocycles. The van der Waals surface area contributed by atoms with Crippen molar-refractivity contribution < 1.29 is 14.1 Å². The molecule has 152 valence electrons. The van der Waals surface area contributed by atoms with Crippen LogP contribution in [0.2, 0.25) is 0 Å². The summed E-state index contributed by atoms with van der Waals surface area (Å²) in [5.74, 6) is 1.70. The van der Waals surface area contributed by atoms with E-state index in [1.165, 1.54) is 5.56 Å². The molecule has 1 N–H and O–H groups in total. The van der Waals surface area contributed by atoms with Gasteiger partial charge in [0.2, 0.25) is 0 Å². The maximum Gasteiger partial charge on any atom is 0.321 e. The molecule has 0 fully saturated rings. The summed E-state index contributed by atoms with van der Waals surface area (Å²) < 4.78 is 11.8. The molecule has 0 aliphatic carbocycles. The Kier molecular flexibility index (Phi) is 7.24. The number of halogens is 1. The predicted molar refractivity (Wildman–Crippen MR) is 114 cm³/mol. The molecule has 0 saturated carbocycles. The maximum absolute atomic E-state index is 12.2. The number of aryl methyl sites for hydroxylation is 1. The second-order valence-corrected chi connectivity index (χ2v) is 7.41. The highest BCUT2D eigenvalue weighted by Gasteiger charge is 2.12. The highest BCUT2D eigenvalue weighted by molar-refractivity contribution is 9.10. The van der Waals surface area contributed by atoms with Crippen LogP contribution in [-0.2, 0) is 19.4 Å².